The average Bonchev–Trinajstić information content (AvgIpc) is 2.95. The van der Waals surface area contributed by atoms with Crippen LogP contribution in [-0.2, 0) is 21.1 Å². The van der Waals surface area contributed by atoms with E-state index in [-0.39, 0.29) is 15.7 Å². The first-order valence-corrected chi connectivity index (χ1v) is 11.2. The number of hydrogen-bond acceptors (Lipinski definition) is 5. The van der Waals surface area contributed by atoms with Crippen LogP contribution in [0.2, 0.25) is 0 Å². The van der Waals surface area contributed by atoms with Gasteiger partial charge >= 0.3 is 5.97 Å². The smallest absolute Gasteiger partial charge is 0.307 e. The molecule has 0 radical (unpaired) electrons. The van der Waals surface area contributed by atoms with Crippen LogP contribution >= 0.6 is 0 Å². The van der Waals surface area contributed by atoms with Crippen molar-refractivity contribution >= 4 is 21.4 Å². The second-order valence-electron chi connectivity index (χ2n) is 8.31. The van der Waals surface area contributed by atoms with E-state index in [4.69, 9.17) is 4.74 Å². The van der Waals surface area contributed by atoms with Crippen LogP contribution in [0.4, 0.5) is 4.39 Å². The molecule has 0 aromatic heterocycles. The molecule has 6 nitrogen and oxygen atoms in total. The molecule has 1 atom stereocenters. The Morgan fingerprint density at radius 2 is 2.03 bits per heavy atom. The van der Waals surface area contributed by atoms with Gasteiger partial charge in [0, 0.05) is 5.22 Å². The third-order valence-corrected chi connectivity index (χ3v) is 7.39. The largest absolute Gasteiger partial charge is 0.488 e. The highest BCUT2D eigenvalue weighted by Crippen LogP contribution is 2.35. The highest BCUT2D eigenvalue weighted by atomic mass is 32.2. The lowest BCUT2D eigenvalue weighted by atomic mass is 9.94. The Balaban J connectivity index is 1.93. The predicted molar refractivity (Wildman–Crippen MR) is 107 cm³/mol. The van der Waals surface area contributed by atoms with Gasteiger partial charge in [-0.3, -0.25) is 9.79 Å². The van der Waals surface area contributed by atoms with Crippen molar-refractivity contribution in [1.82, 2.24) is 0 Å². The summed E-state index contributed by atoms with van der Waals surface area (Å²) in [6.45, 7) is 5.60. The van der Waals surface area contributed by atoms with E-state index in [1.165, 1.54) is 18.2 Å². The summed E-state index contributed by atoms with van der Waals surface area (Å²) < 4.78 is 47.8. The molecule has 2 aliphatic heterocycles. The molecule has 2 aliphatic rings. The number of rotatable bonds is 4. The summed E-state index contributed by atoms with van der Waals surface area (Å²) in [5.74, 6) is -1.43. The average molecular weight is 431 g/mol. The zero-order chi connectivity index (χ0) is 21.8. The number of hydrogen-bond donors (Lipinski definition) is 1. The van der Waals surface area contributed by atoms with Crippen molar-refractivity contribution < 1.29 is 27.4 Å². The van der Waals surface area contributed by atoms with Crippen molar-refractivity contribution in [2.75, 3.05) is 0 Å². The molecule has 1 unspecified atom stereocenters. The lowest BCUT2D eigenvalue weighted by Crippen LogP contribution is -2.33. The van der Waals surface area contributed by atoms with Crippen LogP contribution in [0.25, 0.3) is 5.57 Å². The molecule has 2 heterocycles. The van der Waals surface area contributed by atoms with Crippen LogP contribution in [0.1, 0.15) is 39.2 Å². The molecular formula is C22H22FNO5S. The van der Waals surface area contributed by atoms with Crippen molar-refractivity contribution in [3.63, 3.8) is 0 Å². The maximum atomic E-state index is 14.9. The predicted octanol–water partition coefficient (Wildman–Crippen LogP) is 2.41. The summed E-state index contributed by atoms with van der Waals surface area (Å²) in [4.78, 5) is 15.1. The number of carboxylic acids is 1. The molecule has 30 heavy (non-hydrogen) atoms. The van der Waals surface area contributed by atoms with Gasteiger partial charge in [0.05, 0.1) is 22.7 Å². The van der Waals surface area contributed by atoms with Gasteiger partial charge in [-0.1, -0.05) is 0 Å². The molecular weight excluding hydrogens is 409 g/mol. The maximum Gasteiger partial charge on any atom is 0.307 e. The van der Waals surface area contributed by atoms with Crippen LogP contribution in [-0.4, -0.2) is 31.1 Å². The zero-order valence-corrected chi connectivity index (χ0v) is 17.7. The van der Waals surface area contributed by atoms with Crippen LogP contribution in [0, 0.1) is 5.82 Å². The summed E-state index contributed by atoms with van der Waals surface area (Å²) in [6.07, 6.45) is 0.964. The van der Waals surface area contributed by atoms with E-state index in [0.717, 1.165) is 18.1 Å². The van der Waals surface area contributed by atoms with E-state index >= 15 is 0 Å². The SMILES string of the molecule is CC1N=c2ccc(F)c(S(=O)(=O)c3ccc4c(c3)CCC(C)(C)O4)c2=C1CC(=O)O. The first kappa shape index (κ1) is 20.5. The number of halogens is 1. The fraction of sp³-hybridized carbons (Fsp3) is 0.364. The molecule has 0 aliphatic carbocycles. The van der Waals surface area contributed by atoms with Gasteiger partial charge in [-0.25, -0.2) is 12.8 Å². The van der Waals surface area contributed by atoms with E-state index < -0.39 is 39.0 Å². The molecule has 158 valence electrons. The molecule has 0 amide bonds. The van der Waals surface area contributed by atoms with E-state index in [2.05, 4.69) is 4.99 Å². The standard InChI is InChI=1S/C22H22FNO5S/c1-12-15(11-19(25)26)20-17(24-12)6-5-16(23)21(20)30(27,28)14-4-7-18-13(10-14)8-9-22(2,3)29-18/h4-7,10,12H,8-9,11H2,1-3H3,(H,25,26). The van der Waals surface area contributed by atoms with E-state index in [1.807, 2.05) is 13.8 Å². The quantitative estimate of drug-likeness (QED) is 0.803. The lowest BCUT2D eigenvalue weighted by molar-refractivity contribution is -0.135. The number of nitrogens with zero attached hydrogens (tertiary/aromatic N) is 1. The first-order valence-electron chi connectivity index (χ1n) is 9.68. The normalized spacial score (nSPS) is 19.5. The molecule has 0 saturated carbocycles. The van der Waals surface area contributed by atoms with E-state index in [0.29, 0.717) is 23.1 Å². The molecule has 8 heteroatoms. The second kappa shape index (κ2) is 6.91. The summed E-state index contributed by atoms with van der Waals surface area (Å²) in [7, 11) is -4.25. The third-order valence-electron chi connectivity index (χ3n) is 5.58. The zero-order valence-electron chi connectivity index (χ0n) is 16.9. The van der Waals surface area contributed by atoms with Crippen LogP contribution < -0.4 is 15.3 Å². The highest BCUT2D eigenvalue weighted by molar-refractivity contribution is 7.91. The summed E-state index contributed by atoms with van der Waals surface area (Å²) in [5, 5.41) is 9.62. The summed E-state index contributed by atoms with van der Waals surface area (Å²) in [5.41, 5.74) is 0.702. The number of fused-ring (bicyclic) bond motifs is 2. The number of carbonyl (C=O) groups is 1. The van der Waals surface area contributed by atoms with Crippen molar-refractivity contribution in [3.8, 4) is 5.75 Å². The van der Waals surface area contributed by atoms with Crippen LogP contribution in [0.5, 0.6) is 5.75 Å². The van der Waals surface area contributed by atoms with Crippen molar-refractivity contribution in [2.45, 2.75) is 61.5 Å². The topological polar surface area (TPSA) is 93.0 Å². The highest BCUT2D eigenvalue weighted by Gasteiger charge is 2.32. The Hall–Kier alpha value is -2.74. The number of benzene rings is 2. The van der Waals surface area contributed by atoms with E-state index in [9.17, 15) is 22.7 Å². The molecule has 0 bridgehead atoms. The number of sulfone groups is 1. The molecule has 0 fully saturated rings. The minimum absolute atomic E-state index is 0.0499. The van der Waals surface area contributed by atoms with Crippen molar-refractivity contribution in [1.29, 1.82) is 0 Å². The Labute approximate surface area is 173 Å². The Morgan fingerprint density at radius 1 is 1.30 bits per heavy atom. The minimum atomic E-state index is -4.25. The molecule has 2 aromatic carbocycles. The monoisotopic (exact) mass is 431 g/mol. The Kier molecular flexibility index (Phi) is 4.73. The van der Waals surface area contributed by atoms with Gasteiger partial charge in [0.25, 0.3) is 0 Å². The lowest BCUT2D eigenvalue weighted by Gasteiger charge is -2.32. The van der Waals surface area contributed by atoms with Gasteiger partial charge < -0.3 is 9.84 Å². The maximum absolute atomic E-state index is 14.9. The first-order chi connectivity index (χ1) is 14.0. The van der Waals surface area contributed by atoms with Crippen LogP contribution in [0.3, 0.4) is 0 Å². The molecule has 4 rings (SSSR count). The number of aliphatic carboxylic acids is 1. The van der Waals surface area contributed by atoms with Gasteiger partial charge in [-0.2, -0.15) is 0 Å². The van der Waals surface area contributed by atoms with Crippen molar-refractivity contribution in [2.24, 2.45) is 4.99 Å². The fourth-order valence-corrected chi connectivity index (χ4v) is 5.65. The van der Waals surface area contributed by atoms with Gasteiger partial charge in [0.15, 0.2) is 0 Å². The minimum Gasteiger partial charge on any atom is -0.488 e. The third kappa shape index (κ3) is 3.39. The van der Waals surface area contributed by atoms with Gasteiger partial charge in [0.2, 0.25) is 9.84 Å². The van der Waals surface area contributed by atoms with Gasteiger partial charge in [-0.05, 0) is 75.1 Å². The Morgan fingerprint density at radius 3 is 2.73 bits per heavy atom. The summed E-state index contributed by atoms with van der Waals surface area (Å²) >= 11 is 0. The summed E-state index contributed by atoms with van der Waals surface area (Å²) in [6, 6.07) is 6.43. The number of carboxylic acid groups (broad SMARTS) is 1. The Bertz CT molecular complexity index is 1300. The van der Waals surface area contributed by atoms with Gasteiger partial charge in [-0.15, -0.1) is 0 Å². The van der Waals surface area contributed by atoms with Gasteiger partial charge in [0.1, 0.15) is 22.1 Å². The molecule has 1 N–H and O–H groups in total. The second-order valence-corrected chi connectivity index (χ2v) is 10.2. The number of ether oxygens (including phenoxy) is 1. The van der Waals surface area contributed by atoms with Crippen LogP contribution in [0.15, 0.2) is 45.1 Å². The molecule has 0 spiro atoms. The van der Waals surface area contributed by atoms with Crippen molar-refractivity contribution in [3.05, 3.63) is 52.3 Å². The number of aryl methyl sites for hydroxylation is 1. The molecule has 0 saturated heterocycles. The van der Waals surface area contributed by atoms with E-state index in [1.54, 1.807) is 13.0 Å². The molecule has 2 aromatic rings. The fourth-order valence-electron chi connectivity index (χ4n) is 4.04.